The monoisotopic (exact) mass is 311 g/mol. The SMILES string of the molecule is CCOC[C@@]1(CN)[C@H](S(C)(=O)=O)[C@@H]1c1ccc(CC)cc1. The van der Waals surface area contributed by atoms with E-state index in [2.05, 4.69) is 19.1 Å². The molecule has 1 aliphatic rings. The fourth-order valence-electron chi connectivity index (χ4n) is 3.36. The molecule has 1 aromatic rings. The molecule has 1 saturated carbocycles. The zero-order valence-electron chi connectivity index (χ0n) is 13.0. The highest BCUT2D eigenvalue weighted by Crippen LogP contribution is 2.62. The van der Waals surface area contributed by atoms with Gasteiger partial charge in [0.1, 0.15) is 0 Å². The summed E-state index contributed by atoms with van der Waals surface area (Å²) in [6, 6.07) is 8.19. The first-order valence-electron chi connectivity index (χ1n) is 7.46. The number of hydrogen-bond acceptors (Lipinski definition) is 4. The molecule has 2 rings (SSSR count). The molecule has 0 amide bonds. The predicted octanol–water partition coefficient (Wildman–Crippen LogP) is 1.74. The second-order valence-corrected chi connectivity index (χ2v) is 8.06. The topological polar surface area (TPSA) is 69.4 Å². The minimum Gasteiger partial charge on any atom is -0.381 e. The van der Waals surface area contributed by atoms with E-state index >= 15 is 0 Å². The first-order valence-corrected chi connectivity index (χ1v) is 9.41. The van der Waals surface area contributed by atoms with Crippen LogP contribution in [-0.2, 0) is 21.0 Å². The summed E-state index contributed by atoms with van der Waals surface area (Å²) in [7, 11) is -3.15. The van der Waals surface area contributed by atoms with Gasteiger partial charge >= 0.3 is 0 Å². The lowest BCUT2D eigenvalue weighted by Gasteiger charge is -2.15. The van der Waals surface area contributed by atoms with E-state index in [9.17, 15) is 8.42 Å². The molecule has 118 valence electrons. The minimum atomic E-state index is -3.15. The van der Waals surface area contributed by atoms with Crippen LogP contribution in [-0.4, -0.2) is 39.7 Å². The van der Waals surface area contributed by atoms with Crippen molar-refractivity contribution in [2.75, 3.05) is 26.0 Å². The normalized spacial score (nSPS) is 28.6. The Morgan fingerprint density at radius 1 is 1.24 bits per heavy atom. The molecule has 0 saturated heterocycles. The molecular weight excluding hydrogens is 286 g/mol. The van der Waals surface area contributed by atoms with Crippen molar-refractivity contribution < 1.29 is 13.2 Å². The zero-order valence-corrected chi connectivity index (χ0v) is 13.8. The molecule has 5 heteroatoms. The van der Waals surface area contributed by atoms with Crippen LogP contribution in [0.15, 0.2) is 24.3 Å². The molecule has 2 N–H and O–H groups in total. The molecule has 3 atom stereocenters. The van der Waals surface area contributed by atoms with Crippen LogP contribution in [0.3, 0.4) is 0 Å². The van der Waals surface area contributed by atoms with Crippen molar-refractivity contribution in [2.24, 2.45) is 11.1 Å². The molecule has 1 fully saturated rings. The van der Waals surface area contributed by atoms with Crippen molar-refractivity contribution in [3.8, 4) is 0 Å². The number of nitrogens with two attached hydrogens (primary N) is 1. The van der Waals surface area contributed by atoms with E-state index in [1.165, 1.54) is 11.8 Å². The highest BCUT2D eigenvalue weighted by molar-refractivity contribution is 7.91. The van der Waals surface area contributed by atoms with Crippen molar-refractivity contribution in [1.29, 1.82) is 0 Å². The van der Waals surface area contributed by atoms with Crippen molar-refractivity contribution >= 4 is 9.84 Å². The van der Waals surface area contributed by atoms with Gasteiger partial charge < -0.3 is 10.5 Å². The highest BCUT2D eigenvalue weighted by atomic mass is 32.2. The molecule has 1 aliphatic carbocycles. The lowest BCUT2D eigenvalue weighted by Crippen LogP contribution is -2.28. The number of aryl methyl sites for hydroxylation is 1. The van der Waals surface area contributed by atoms with Crippen LogP contribution in [0.1, 0.15) is 30.9 Å². The van der Waals surface area contributed by atoms with Gasteiger partial charge in [0.15, 0.2) is 9.84 Å². The number of benzene rings is 1. The molecular formula is C16H25NO3S. The van der Waals surface area contributed by atoms with Gasteiger partial charge in [0.05, 0.1) is 11.9 Å². The van der Waals surface area contributed by atoms with Crippen LogP contribution >= 0.6 is 0 Å². The summed E-state index contributed by atoms with van der Waals surface area (Å²) in [4.78, 5) is 0. The van der Waals surface area contributed by atoms with Crippen molar-refractivity contribution in [3.63, 3.8) is 0 Å². The van der Waals surface area contributed by atoms with Gasteiger partial charge in [-0.05, 0) is 24.5 Å². The summed E-state index contributed by atoms with van der Waals surface area (Å²) in [6.07, 6.45) is 2.27. The maximum atomic E-state index is 12.1. The van der Waals surface area contributed by atoms with Gasteiger partial charge in [-0.3, -0.25) is 0 Å². The minimum absolute atomic E-state index is 0.0602. The summed E-state index contributed by atoms with van der Waals surface area (Å²) in [5.41, 5.74) is 7.76. The summed E-state index contributed by atoms with van der Waals surface area (Å²) in [5, 5.41) is -0.436. The van der Waals surface area contributed by atoms with E-state index in [-0.39, 0.29) is 5.92 Å². The van der Waals surface area contributed by atoms with Crippen LogP contribution < -0.4 is 5.73 Å². The molecule has 4 nitrogen and oxygen atoms in total. The van der Waals surface area contributed by atoms with Crippen LogP contribution in [0.2, 0.25) is 0 Å². The Morgan fingerprint density at radius 3 is 2.29 bits per heavy atom. The molecule has 0 unspecified atom stereocenters. The fourth-order valence-corrected chi connectivity index (χ4v) is 5.37. The first-order chi connectivity index (χ1) is 9.90. The van der Waals surface area contributed by atoms with Crippen LogP contribution in [0, 0.1) is 5.41 Å². The Morgan fingerprint density at radius 2 is 1.86 bits per heavy atom. The van der Waals surface area contributed by atoms with Crippen LogP contribution in [0.5, 0.6) is 0 Å². The zero-order chi connectivity index (χ0) is 15.7. The molecule has 0 radical (unpaired) electrons. The van der Waals surface area contributed by atoms with Crippen molar-refractivity contribution in [3.05, 3.63) is 35.4 Å². The van der Waals surface area contributed by atoms with Gasteiger partial charge in [0.25, 0.3) is 0 Å². The second-order valence-electron chi connectivity index (χ2n) is 5.90. The Kier molecular flexibility index (Phi) is 4.76. The number of sulfone groups is 1. The molecule has 0 bridgehead atoms. The summed E-state index contributed by atoms with van der Waals surface area (Å²) < 4.78 is 29.8. The quantitative estimate of drug-likeness (QED) is 0.833. The van der Waals surface area contributed by atoms with E-state index in [1.807, 2.05) is 19.1 Å². The molecule has 21 heavy (non-hydrogen) atoms. The van der Waals surface area contributed by atoms with E-state index < -0.39 is 20.5 Å². The van der Waals surface area contributed by atoms with Gasteiger partial charge in [-0.2, -0.15) is 0 Å². The third-order valence-electron chi connectivity index (χ3n) is 4.54. The Labute approximate surface area is 127 Å². The summed E-state index contributed by atoms with van der Waals surface area (Å²) in [6.45, 7) is 5.31. The number of hydrogen-bond donors (Lipinski definition) is 1. The van der Waals surface area contributed by atoms with Crippen molar-refractivity contribution in [2.45, 2.75) is 31.4 Å². The largest absolute Gasteiger partial charge is 0.381 e. The van der Waals surface area contributed by atoms with Gasteiger partial charge in [-0.25, -0.2) is 8.42 Å². The third kappa shape index (κ3) is 3.00. The predicted molar refractivity (Wildman–Crippen MR) is 85.2 cm³/mol. The van der Waals surface area contributed by atoms with Crippen molar-refractivity contribution in [1.82, 2.24) is 0 Å². The number of rotatable bonds is 7. The fraction of sp³-hybridized carbons (Fsp3) is 0.625. The molecule has 0 heterocycles. The second kappa shape index (κ2) is 6.07. The average molecular weight is 311 g/mol. The Bertz CT molecular complexity index is 582. The number of ether oxygens (including phenoxy) is 1. The van der Waals surface area contributed by atoms with E-state index in [0.717, 1.165) is 12.0 Å². The van der Waals surface area contributed by atoms with E-state index in [4.69, 9.17) is 10.5 Å². The lowest BCUT2D eigenvalue weighted by atomic mass is 9.99. The summed E-state index contributed by atoms with van der Waals surface area (Å²) >= 11 is 0. The van der Waals surface area contributed by atoms with E-state index in [1.54, 1.807) is 0 Å². The first kappa shape index (κ1) is 16.5. The van der Waals surface area contributed by atoms with Crippen LogP contribution in [0.4, 0.5) is 0 Å². The molecule has 0 aliphatic heterocycles. The highest BCUT2D eigenvalue weighted by Gasteiger charge is 2.69. The average Bonchev–Trinajstić information content (AvgIpc) is 3.15. The van der Waals surface area contributed by atoms with Crippen LogP contribution in [0.25, 0.3) is 0 Å². The molecule has 0 aromatic heterocycles. The molecule has 1 aromatic carbocycles. The summed E-state index contributed by atoms with van der Waals surface area (Å²) in [5.74, 6) is -0.0602. The van der Waals surface area contributed by atoms with Gasteiger partial charge in [-0.1, -0.05) is 31.2 Å². The van der Waals surface area contributed by atoms with Gasteiger partial charge in [-0.15, -0.1) is 0 Å². The third-order valence-corrected chi connectivity index (χ3v) is 6.21. The molecule has 0 spiro atoms. The van der Waals surface area contributed by atoms with Gasteiger partial charge in [0.2, 0.25) is 0 Å². The maximum Gasteiger partial charge on any atom is 0.151 e. The van der Waals surface area contributed by atoms with Gasteiger partial charge in [0, 0.05) is 30.7 Å². The Hall–Kier alpha value is -0.910. The maximum absolute atomic E-state index is 12.1. The lowest BCUT2D eigenvalue weighted by molar-refractivity contribution is 0.101. The standard InChI is InChI=1S/C16H25NO3S/c1-4-12-6-8-13(9-7-12)14-15(21(3,18)19)16(14,10-17)11-20-5-2/h6-9,14-15H,4-5,10-11,17H2,1-3H3/t14-,15+,16+/m0/s1. The Balaban J connectivity index is 2.34. The smallest absolute Gasteiger partial charge is 0.151 e. The van der Waals surface area contributed by atoms with E-state index in [0.29, 0.717) is 19.8 Å².